The summed E-state index contributed by atoms with van der Waals surface area (Å²) in [5, 5.41) is 3.26. The number of Topliss-reactive ketones (excluding diaryl/α,β-unsaturated/α-hetero) is 2. The molecule has 0 spiro atoms. The summed E-state index contributed by atoms with van der Waals surface area (Å²) >= 11 is 0. The van der Waals surface area contributed by atoms with Crippen molar-refractivity contribution in [3.8, 4) is 0 Å². The molecule has 34 heavy (non-hydrogen) atoms. The molecule has 0 aliphatic rings. The highest BCUT2D eigenvalue weighted by Crippen LogP contribution is 2.16. The first-order valence-electron chi connectivity index (χ1n) is 13.9. The van der Waals surface area contributed by atoms with E-state index in [0.29, 0.717) is 18.9 Å². The van der Waals surface area contributed by atoms with Crippen LogP contribution in [-0.4, -0.2) is 29.5 Å². The molecule has 0 aliphatic heterocycles. The molecular weight excluding hydrogens is 426 g/mol. The van der Waals surface area contributed by atoms with Crippen molar-refractivity contribution >= 4 is 23.4 Å². The van der Waals surface area contributed by atoms with Crippen molar-refractivity contribution in [2.24, 2.45) is 0 Å². The Morgan fingerprint density at radius 1 is 0.647 bits per heavy atom. The maximum Gasteiger partial charge on any atom is 0.220 e. The standard InChI is InChI=1S/C29H51NO4/c1-4-19-29(34)30-27(21-16-12-8-5-7-11-15-20-25(2)24-31)22-17-13-9-6-10-14-18-23-28(33)26(3)32/h27H,4-23H2,1-3H3,(H,30,34). The van der Waals surface area contributed by atoms with Crippen LogP contribution in [0.4, 0.5) is 0 Å². The van der Waals surface area contributed by atoms with E-state index in [1.807, 2.05) is 19.8 Å². The number of carbonyl (C=O) groups is 3. The van der Waals surface area contributed by atoms with Gasteiger partial charge in [-0.3, -0.25) is 14.4 Å². The van der Waals surface area contributed by atoms with E-state index in [1.165, 1.54) is 64.7 Å². The van der Waals surface area contributed by atoms with Crippen molar-refractivity contribution in [1.82, 2.24) is 5.32 Å². The minimum atomic E-state index is -0.323. The Morgan fingerprint density at radius 2 is 1.09 bits per heavy atom. The normalized spacial score (nSPS) is 11.6. The van der Waals surface area contributed by atoms with E-state index in [0.717, 1.165) is 63.4 Å². The second-order valence-electron chi connectivity index (χ2n) is 9.90. The van der Waals surface area contributed by atoms with E-state index in [-0.39, 0.29) is 17.5 Å². The van der Waals surface area contributed by atoms with Crippen molar-refractivity contribution < 1.29 is 19.2 Å². The minimum Gasteiger partial charge on any atom is -0.353 e. The fourth-order valence-corrected chi connectivity index (χ4v) is 4.27. The summed E-state index contributed by atoms with van der Waals surface area (Å²) < 4.78 is 0. The summed E-state index contributed by atoms with van der Waals surface area (Å²) in [5.74, 6) is 1.59. The van der Waals surface area contributed by atoms with Crippen LogP contribution >= 0.6 is 0 Å². The molecule has 1 amide bonds. The molecule has 0 fully saturated rings. The van der Waals surface area contributed by atoms with Gasteiger partial charge in [0.2, 0.25) is 5.91 Å². The molecule has 0 rings (SSSR count). The minimum absolute atomic E-state index is 0.187. The molecule has 1 N–H and O–H groups in total. The van der Waals surface area contributed by atoms with Gasteiger partial charge in [0.05, 0.1) is 0 Å². The van der Waals surface area contributed by atoms with Gasteiger partial charge in [-0.2, -0.15) is 0 Å². The first kappa shape index (κ1) is 32.3. The molecule has 0 saturated heterocycles. The van der Waals surface area contributed by atoms with Gasteiger partial charge in [-0.05, 0) is 45.4 Å². The summed E-state index contributed by atoms with van der Waals surface area (Å²) in [6.45, 7) is 5.25. The van der Waals surface area contributed by atoms with E-state index >= 15 is 0 Å². The fourth-order valence-electron chi connectivity index (χ4n) is 4.27. The average molecular weight is 478 g/mol. The molecule has 0 radical (unpaired) electrons. The number of nitrogens with one attached hydrogen (secondary N) is 1. The largest absolute Gasteiger partial charge is 0.353 e. The van der Waals surface area contributed by atoms with Gasteiger partial charge in [0, 0.05) is 31.4 Å². The van der Waals surface area contributed by atoms with Gasteiger partial charge < -0.3 is 5.32 Å². The van der Waals surface area contributed by atoms with Gasteiger partial charge in [0.1, 0.15) is 5.94 Å². The van der Waals surface area contributed by atoms with Crippen molar-refractivity contribution in [3.63, 3.8) is 0 Å². The van der Waals surface area contributed by atoms with E-state index in [1.54, 1.807) is 0 Å². The highest BCUT2D eigenvalue weighted by atomic mass is 16.2. The molecule has 0 aromatic rings. The second-order valence-corrected chi connectivity index (χ2v) is 9.90. The first-order valence-corrected chi connectivity index (χ1v) is 13.9. The Morgan fingerprint density at radius 3 is 1.53 bits per heavy atom. The number of hydrogen-bond acceptors (Lipinski definition) is 4. The van der Waals surface area contributed by atoms with Crippen LogP contribution in [0.2, 0.25) is 0 Å². The lowest BCUT2D eigenvalue weighted by molar-refractivity contribution is -0.135. The van der Waals surface area contributed by atoms with Crippen molar-refractivity contribution in [2.75, 3.05) is 0 Å². The number of carbonyl (C=O) groups excluding carboxylic acids is 4. The molecule has 0 aromatic heterocycles. The molecule has 196 valence electrons. The lowest BCUT2D eigenvalue weighted by Gasteiger charge is -2.19. The molecule has 0 saturated carbocycles. The van der Waals surface area contributed by atoms with Crippen LogP contribution in [0.3, 0.4) is 0 Å². The Balaban J connectivity index is 3.89. The number of hydrogen-bond donors (Lipinski definition) is 1. The molecule has 0 aromatic carbocycles. The average Bonchev–Trinajstić information content (AvgIpc) is 2.81. The molecule has 1 atom stereocenters. The number of allylic oxidation sites excluding steroid dienone is 1. The monoisotopic (exact) mass is 477 g/mol. The third-order valence-corrected chi connectivity index (χ3v) is 6.47. The van der Waals surface area contributed by atoms with Crippen LogP contribution in [0.15, 0.2) is 5.57 Å². The molecule has 0 bridgehead atoms. The molecule has 0 aliphatic carbocycles. The van der Waals surface area contributed by atoms with Crippen LogP contribution in [0.25, 0.3) is 0 Å². The third-order valence-electron chi connectivity index (χ3n) is 6.47. The SMILES string of the molecule is CCCC(=O)NC(CCCCCCCCCC(=O)C(C)=O)CCCCCCCCCC(C)=C=O. The quantitative estimate of drug-likeness (QED) is 0.0903. The number of rotatable bonds is 24. The van der Waals surface area contributed by atoms with Crippen LogP contribution in [0.1, 0.15) is 149 Å². The van der Waals surface area contributed by atoms with Crippen LogP contribution in [0.5, 0.6) is 0 Å². The van der Waals surface area contributed by atoms with Gasteiger partial charge in [-0.25, -0.2) is 4.79 Å². The molecular formula is C29H51NO4. The Kier molecular flexibility index (Phi) is 21.8. The Labute approximate surface area is 208 Å². The van der Waals surface area contributed by atoms with E-state index < -0.39 is 0 Å². The highest BCUT2D eigenvalue weighted by molar-refractivity contribution is 6.36. The predicted molar refractivity (Wildman–Crippen MR) is 141 cm³/mol. The second kappa shape index (κ2) is 23.0. The van der Waals surface area contributed by atoms with Gasteiger partial charge in [-0.1, -0.05) is 84.0 Å². The van der Waals surface area contributed by atoms with E-state index in [4.69, 9.17) is 0 Å². The first-order chi connectivity index (χ1) is 16.4. The molecule has 5 heteroatoms. The lowest BCUT2D eigenvalue weighted by atomic mass is 9.99. The number of amides is 1. The van der Waals surface area contributed by atoms with E-state index in [2.05, 4.69) is 5.32 Å². The van der Waals surface area contributed by atoms with Crippen molar-refractivity contribution in [1.29, 1.82) is 0 Å². The summed E-state index contributed by atoms with van der Waals surface area (Å²) in [6, 6.07) is 0.301. The molecule has 0 heterocycles. The topological polar surface area (TPSA) is 80.3 Å². The van der Waals surface area contributed by atoms with E-state index in [9.17, 15) is 19.2 Å². The number of ketones is 2. The Hall–Kier alpha value is -1.74. The zero-order valence-electron chi connectivity index (χ0n) is 22.4. The summed E-state index contributed by atoms with van der Waals surface area (Å²) in [5.41, 5.74) is 0.829. The fraction of sp³-hybridized carbons (Fsp3) is 0.828. The lowest BCUT2D eigenvalue weighted by Crippen LogP contribution is -2.34. The predicted octanol–water partition coefficient (Wildman–Crippen LogP) is 7.23. The summed E-state index contributed by atoms with van der Waals surface area (Å²) in [4.78, 5) is 44.8. The third kappa shape index (κ3) is 20.8. The summed E-state index contributed by atoms with van der Waals surface area (Å²) in [6.07, 6.45) is 21.0. The zero-order chi connectivity index (χ0) is 25.4. The van der Waals surface area contributed by atoms with Crippen molar-refractivity contribution in [3.05, 3.63) is 5.57 Å². The van der Waals surface area contributed by atoms with Crippen LogP contribution < -0.4 is 5.32 Å². The smallest absolute Gasteiger partial charge is 0.220 e. The van der Waals surface area contributed by atoms with Gasteiger partial charge >= 0.3 is 0 Å². The van der Waals surface area contributed by atoms with Crippen LogP contribution in [-0.2, 0) is 19.2 Å². The maximum absolute atomic E-state index is 12.1. The molecule has 1 unspecified atom stereocenters. The Bertz CT molecular complexity index is 607. The number of unbranched alkanes of at least 4 members (excludes halogenated alkanes) is 12. The summed E-state index contributed by atoms with van der Waals surface area (Å²) in [7, 11) is 0. The maximum atomic E-state index is 12.1. The van der Waals surface area contributed by atoms with Gasteiger partial charge in [0.25, 0.3) is 0 Å². The van der Waals surface area contributed by atoms with Gasteiger partial charge in [0.15, 0.2) is 11.6 Å². The highest BCUT2D eigenvalue weighted by Gasteiger charge is 2.11. The van der Waals surface area contributed by atoms with Crippen molar-refractivity contribution in [2.45, 2.75) is 155 Å². The zero-order valence-corrected chi connectivity index (χ0v) is 22.4. The van der Waals surface area contributed by atoms with Crippen LogP contribution in [0, 0.1) is 0 Å². The van der Waals surface area contributed by atoms with Gasteiger partial charge in [-0.15, -0.1) is 0 Å². The molecule has 5 nitrogen and oxygen atoms in total.